The Morgan fingerprint density at radius 3 is 2.69 bits per heavy atom. The highest BCUT2D eigenvalue weighted by molar-refractivity contribution is 5.84. The van der Waals surface area contributed by atoms with Gasteiger partial charge >= 0.3 is 0 Å². The van der Waals surface area contributed by atoms with E-state index in [-0.39, 0.29) is 30.6 Å². The Morgan fingerprint density at radius 1 is 1.38 bits per heavy atom. The molecule has 0 radical (unpaired) electrons. The first-order chi connectivity index (χ1) is 6.29. The average Bonchev–Trinajstić information content (AvgIpc) is 2.18. The summed E-state index contributed by atoms with van der Waals surface area (Å²) in [4.78, 5) is 22.1. The minimum atomic E-state index is -0.113. The lowest BCUT2D eigenvalue weighted by Gasteiger charge is -2.26. The minimum Gasteiger partial charge on any atom is -0.396 e. The normalized spacial score (nSPS) is 28.4. The molecule has 74 valence electrons. The second kappa shape index (κ2) is 5.12. The van der Waals surface area contributed by atoms with Gasteiger partial charge in [0.1, 0.15) is 12.1 Å². The van der Waals surface area contributed by atoms with Gasteiger partial charge in [0.2, 0.25) is 0 Å². The maximum Gasteiger partial charge on any atom is 0.138 e. The number of aliphatic hydroxyl groups is 1. The fraction of sp³-hybridized carbons (Fsp3) is 0.800. The summed E-state index contributed by atoms with van der Waals surface area (Å²) in [6.45, 7) is -0.0963. The van der Waals surface area contributed by atoms with Crippen molar-refractivity contribution in [2.45, 2.75) is 32.1 Å². The predicted octanol–water partition coefficient (Wildman–Crippen LogP) is 0.943. The molecule has 1 aliphatic rings. The van der Waals surface area contributed by atoms with Crippen molar-refractivity contribution in [3.63, 3.8) is 0 Å². The van der Waals surface area contributed by atoms with Gasteiger partial charge < -0.3 is 9.90 Å². The highest BCUT2D eigenvalue weighted by atomic mass is 16.3. The maximum atomic E-state index is 11.4. The Kier molecular flexibility index (Phi) is 4.09. The van der Waals surface area contributed by atoms with Crippen LogP contribution in [0.15, 0.2) is 0 Å². The van der Waals surface area contributed by atoms with E-state index in [1.807, 2.05) is 0 Å². The van der Waals surface area contributed by atoms with Crippen LogP contribution < -0.4 is 0 Å². The average molecular weight is 184 g/mol. The molecular weight excluding hydrogens is 168 g/mol. The van der Waals surface area contributed by atoms with E-state index < -0.39 is 0 Å². The molecule has 1 N–H and O–H groups in total. The van der Waals surface area contributed by atoms with E-state index in [9.17, 15) is 9.59 Å². The Hall–Kier alpha value is -0.700. The minimum absolute atomic E-state index is 0.0549. The van der Waals surface area contributed by atoms with Crippen LogP contribution in [0, 0.1) is 11.8 Å². The Balaban J connectivity index is 2.53. The number of aldehydes is 1. The fourth-order valence-corrected chi connectivity index (χ4v) is 2.02. The molecule has 0 spiro atoms. The van der Waals surface area contributed by atoms with Gasteiger partial charge in [-0.15, -0.1) is 0 Å². The topological polar surface area (TPSA) is 54.4 Å². The maximum absolute atomic E-state index is 11.4. The summed E-state index contributed by atoms with van der Waals surface area (Å²) in [7, 11) is 0. The number of hydrogen-bond acceptors (Lipinski definition) is 3. The quantitative estimate of drug-likeness (QED) is 0.662. The van der Waals surface area contributed by atoms with Crippen molar-refractivity contribution in [1.29, 1.82) is 0 Å². The van der Waals surface area contributed by atoms with Gasteiger partial charge in [0.05, 0.1) is 0 Å². The summed E-state index contributed by atoms with van der Waals surface area (Å²) in [5.74, 6) is -0.148. The molecule has 3 heteroatoms. The number of Topliss-reactive ketones (excluding diaryl/α,β-unsaturated/α-hetero) is 1. The highest BCUT2D eigenvalue weighted by Gasteiger charge is 2.29. The molecule has 0 heterocycles. The summed E-state index contributed by atoms with van der Waals surface area (Å²) < 4.78 is 0. The SMILES string of the molecule is O=C[C@H]1CCCCC1C(=O)CCO. The van der Waals surface area contributed by atoms with Gasteiger partial charge in [-0.2, -0.15) is 0 Å². The van der Waals surface area contributed by atoms with Crippen molar-refractivity contribution < 1.29 is 14.7 Å². The molecule has 0 saturated heterocycles. The number of carbonyl (C=O) groups is 2. The standard InChI is InChI=1S/C10H16O3/c11-6-5-10(13)9-4-2-1-3-8(9)7-12/h7-9,11H,1-6H2/t8-,9?/m1/s1. The molecule has 0 aromatic heterocycles. The van der Waals surface area contributed by atoms with Gasteiger partial charge in [-0.3, -0.25) is 4.79 Å². The second-order valence-corrected chi connectivity index (χ2v) is 3.63. The largest absolute Gasteiger partial charge is 0.396 e. The van der Waals surface area contributed by atoms with Crippen LogP contribution in [0.1, 0.15) is 32.1 Å². The van der Waals surface area contributed by atoms with Crippen LogP contribution in [0.4, 0.5) is 0 Å². The molecular formula is C10H16O3. The highest BCUT2D eigenvalue weighted by Crippen LogP contribution is 2.29. The summed E-state index contributed by atoms with van der Waals surface area (Å²) in [6.07, 6.45) is 4.85. The molecule has 1 aliphatic carbocycles. The van der Waals surface area contributed by atoms with Crippen LogP contribution in [0.2, 0.25) is 0 Å². The molecule has 0 aliphatic heterocycles. The van der Waals surface area contributed by atoms with Crippen molar-refractivity contribution in [2.75, 3.05) is 6.61 Å². The fourth-order valence-electron chi connectivity index (χ4n) is 2.02. The summed E-state index contributed by atoms with van der Waals surface area (Å²) >= 11 is 0. The van der Waals surface area contributed by atoms with Gasteiger partial charge in [0, 0.05) is 24.9 Å². The van der Waals surface area contributed by atoms with Crippen molar-refractivity contribution >= 4 is 12.1 Å². The van der Waals surface area contributed by atoms with E-state index in [0.29, 0.717) is 0 Å². The second-order valence-electron chi connectivity index (χ2n) is 3.63. The van der Waals surface area contributed by atoms with Crippen LogP contribution in [0.25, 0.3) is 0 Å². The van der Waals surface area contributed by atoms with Gasteiger partial charge in [-0.25, -0.2) is 0 Å². The zero-order valence-electron chi connectivity index (χ0n) is 7.74. The molecule has 13 heavy (non-hydrogen) atoms. The summed E-state index contributed by atoms with van der Waals surface area (Å²) in [5, 5.41) is 8.62. The lowest BCUT2D eigenvalue weighted by atomic mass is 9.77. The van der Waals surface area contributed by atoms with E-state index >= 15 is 0 Å². The molecule has 2 atom stereocenters. The van der Waals surface area contributed by atoms with Crippen molar-refractivity contribution in [1.82, 2.24) is 0 Å². The van der Waals surface area contributed by atoms with Gasteiger partial charge in [0.15, 0.2) is 0 Å². The molecule has 1 unspecified atom stereocenters. The van der Waals surface area contributed by atoms with Gasteiger partial charge in [-0.1, -0.05) is 12.8 Å². The molecule has 1 saturated carbocycles. The van der Waals surface area contributed by atoms with E-state index in [1.165, 1.54) is 0 Å². The lowest BCUT2D eigenvalue weighted by molar-refractivity contribution is -0.129. The van der Waals surface area contributed by atoms with Crippen LogP contribution in [0.3, 0.4) is 0 Å². The first-order valence-electron chi connectivity index (χ1n) is 4.88. The zero-order valence-corrected chi connectivity index (χ0v) is 7.74. The van der Waals surface area contributed by atoms with Gasteiger partial charge in [-0.05, 0) is 12.8 Å². The first-order valence-corrected chi connectivity index (χ1v) is 4.88. The van der Waals surface area contributed by atoms with Crippen LogP contribution in [0.5, 0.6) is 0 Å². The van der Waals surface area contributed by atoms with Crippen molar-refractivity contribution in [2.24, 2.45) is 11.8 Å². The monoisotopic (exact) mass is 184 g/mol. The molecule has 1 rings (SSSR count). The smallest absolute Gasteiger partial charge is 0.138 e. The Morgan fingerprint density at radius 2 is 2.08 bits per heavy atom. The molecule has 1 fully saturated rings. The summed E-state index contributed by atoms with van der Waals surface area (Å²) in [6, 6.07) is 0. The summed E-state index contributed by atoms with van der Waals surface area (Å²) in [5.41, 5.74) is 0. The number of rotatable bonds is 4. The van der Waals surface area contributed by atoms with Crippen molar-refractivity contribution in [3.05, 3.63) is 0 Å². The van der Waals surface area contributed by atoms with E-state index in [1.54, 1.807) is 0 Å². The van der Waals surface area contributed by atoms with Gasteiger partial charge in [0.25, 0.3) is 0 Å². The number of ketones is 1. The van der Waals surface area contributed by atoms with E-state index in [2.05, 4.69) is 0 Å². The van der Waals surface area contributed by atoms with E-state index in [4.69, 9.17) is 5.11 Å². The lowest BCUT2D eigenvalue weighted by Crippen LogP contribution is -2.28. The number of carbonyl (C=O) groups excluding carboxylic acids is 2. The van der Waals surface area contributed by atoms with E-state index in [0.717, 1.165) is 32.0 Å². The number of aliphatic hydroxyl groups excluding tert-OH is 1. The van der Waals surface area contributed by atoms with Crippen LogP contribution >= 0.6 is 0 Å². The molecule has 0 aromatic rings. The Labute approximate surface area is 78.1 Å². The van der Waals surface area contributed by atoms with Crippen molar-refractivity contribution in [3.8, 4) is 0 Å². The Bertz CT molecular complexity index is 189. The molecule has 0 aromatic carbocycles. The molecule has 0 bridgehead atoms. The molecule has 3 nitrogen and oxygen atoms in total. The third-order valence-electron chi connectivity index (χ3n) is 2.77. The molecule has 0 amide bonds. The van der Waals surface area contributed by atoms with Crippen LogP contribution in [-0.2, 0) is 9.59 Å². The van der Waals surface area contributed by atoms with Crippen LogP contribution in [-0.4, -0.2) is 23.8 Å². The third-order valence-corrected chi connectivity index (χ3v) is 2.77. The predicted molar refractivity (Wildman–Crippen MR) is 48.2 cm³/mol. The first kappa shape index (κ1) is 10.4. The zero-order chi connectivity index (χ0) is 9.68. The number of hydrogen-bond donors (Lipinski definition) is 1. The third kappa shape index (κ3) is 2.62.